The van der Waals surface area contributed by atoms with Gasteiger partial charge in [-0.1, -0.05) is 11.6 Å². The highest BCUT2D eigenvalue weighted by Gasteiger charge is 2.44. The first-order valence-electron chi connectivity index (χ1n) is 12.1. The highest BCUT2D eigenvalue weighted by Crippen LogP contribution is 2.45. The van der Waals surface area contributed by atoms with Gasteiger partial charge < -0.3 is 24.2 Å². The molecular formula is C25H28ClF2N3O5. The van der Waals surface area contributed by atoms with Gasteiger partial charge in [-0.15, -0.1) is 0 Å². The highest BCUT2D eigenvalue weighted by atomic mass is 35.5. The number of hydrogen-bond acceptors (Lipinski definition) is 5. The molecule has 11 heteroatoms. The summed E-state index contributed by atoms with van der Waals surface area (Å²) in [5.41, 5.74) is -1.90. The van der Waals surface area contributed by atoms with Crippen molar-refractivity contribution in [3.63, 3.8) is 0 Å². The third-order valence-electron chi connectivity index (χ3n) is 7.18. The number of fused-ring (bicyclic) bond motifs is 2. The maximum absolute atomic E-state index is 15.5. The Balaban J connectivity index is 1.56. The maximum atomic E-state index is 15.5. The van der Waals surface area contributed by atoms with Crippen molar-refractivity contribution in [2.45, 2.75) is 63.9 Å². The second kappa shape index (κ2) is 8.61. The number of pyridine rings is 1. The maximum Gasteiger partial charge on any atom is 0.410 e. The SMILES string of the molecule is CC(C)(C)OC(=O)N1CCC[C@H]2CN(c3c(F)cc4c(=O)c(C(=O)O)cn([C@@H]5C[C@@H]5F)c4c3Cl)C[C@H]21. The smallest absolute Gasteiger partial charge is 0.410 e. The lowest BCUT2D eigenvalue weighted by atomic mass is 9.92. The molecule has 5 rings (SSSR count). The summed E-state index contributed by atoms with van der Waals surface area (Å²) in [5.74, 6) is -2.17. The van der Waals surface area contributed by atoms with Gasteiger partial charge in [-0.3, -0.25) is 4.79 Å². The molecule has 4 atom stereocenters. The van der Waals surface area contributed by atoms with Crippen LogP contribution in [0.3, 0.4) is 0 Å². The van der Waals surface area contributed by atoms with Crippen LogP contribution in [0.2, 0.25) is 5.02 Å². The van der Waals surface area contributed by atoms with E-state index in [1.165, 1.54) is 4.57 Å². The van der Waals surface area contributed by atoms with Gasteiger partial charge in [-0.05, 0) is 45.6 Å². The molecule has 2 aromatic rings. The Morgan fingerprint density at radius 2 is 1.92 bits per heavy atom. The summed E-state index contributed by atoms with van der Waals surface area (Å²) in [6.07, 6.45) is 1.27. The minimum atomic E-state index is -1.47. The number of aromatic carboxylic acids is 1. The van der Waals surface area contributed by atoms with Crippen LogP contribution < -0.4 is 10.3 Å². The van der Waals surface area contributed by atoms with E-state index in [1.54, 1.807) is 30.6 Å². The number of carbonyl (C=O) groups excluding carboxylic acids is 1. The first-order valence-corrected chi connectivity index (χ1v) is 12.4. The minimum absolute atomic E-state index is 0.0648. The fourth-order valence-electron chi connectivity index (χ4n) is 5.49. The number of carbonyl (C=O) groups is 2. The molecule has 1 amide bonds. The van der Waals surface area contributed by atoms with Crippen LogP contribution in [-0.2, 0) is 4.74 Å². The summed E-state index contributed by atoms with van der Waals surface area (Å²) in [6, 6.07) is 0.117. The lowest BCUT2D eigenvalue weighted by Crippen LogP contribution is -2.50. The lowest BCUT2D eigenvalue weighted by Gasteiger charge is -2.37. The van der Waals surface area contributed by atoms with Crippen LogP contribution >= 0.6 is 11.6 Å². The van der Waals surface area contributed by atoms with Crippen LogP contribution in [0.15, 0.2) is 17.1 Å². The quantitative estimate of drug-likeness (QED) is 0.631. The molecule has 3 aliphatic rings. The number of hydrogen-bond donors (Lipinski definition) is 1. The van der Waals surface area contributed by atoms with Gasteiger partial charge in [-0.25, -0.2) is 18.4 Å². The number of rotatable bonds is 3. The first kappa shape index (κ1) is 24.8. The average Bonchev–Trinajstić information content (AvgIpc) is 3.34. The molecule has 0 bridgehead atoms. The molecule has 0 spiro atoms. The molecule has 8 nitrogen and oxygen atoms in total. The molecule has 1 aliphatic carbocycles. The van der Waals surface area contributed by atoms with E-state index in [4.69, 9.17) is 16.3 Å². The van der Waals surface area contributed by atoms with E-state index in [9.17, 15) is 23.9 Å². The van der Waals surface area contributed by atoms with Crippen molar-refractivity contribution < 1.29 is 28.2 Å². The van der Waals surface area contributed by atoms with Crippen LogP contribution in [0, 0.1) is 11.7 Å². The van der Waals surface area contributed by atoms with Crippen molar-refractivity contribution in [3.8, 4) is 0 Å². The van der Waals surface area contributed by atoms with Crippen molar-refractivity contribution in [1.82, 2.24) is 9.47 Å². The summed E-state index contributed by atoms with van der Waals surface area (Å²) in [4.78, 5) is 40.8. The van der Waals surface area contributed by atoms with E-state index in [-0.39, 0.29) is 40.0 Å². The van der Waals surface area contributed by atoms with E-state index in [0.717, 1.165) is 25.1 Å². The molecule has 1 saturated carbocycles. The minimum Gasteiger partial charge on any atom is -0.477 e. The third kappa shape index (κ3) is 4.19. The molecule has 3 heterocycles. The van der Waals surface area contributed by atoms with E-state index in [2.05, 4.69) is 0 Å². The van der Waals surface area contributed by atoms with Gasteiger partial charge in [0.05, 0.1) is 33.7 Å². The van der Waals surface area contributed by atoms with Gasteiger partial charge >= 0.3 is 12.1 Å². The fraction of sp³-hybridized carbons (Fsp3) is 0.560. The van der Waals surface area contributed by atoms with Crippen molar-refractivity contribution in [1.29, 1.82) is 0 Å². The van der Waals surface area contributed by atoms with Crippen molar-refractivity contribution in [3.05, 3.63) is 38.9 Å². The zero-order valence-corrected chi connectivity index (χ0v) is 21.0. The second-order valence-electron chi connectivity index (χ2n) is 10.9. The summed E-state index contributed by atoms with van der Waals surface area (Å²) >= 11 is 6.72. The Hall–Kier alpha value is -2.88. The van der Waals surface area contributed by atoms with Crippen molar-refractivity contribution in [2.75, 3.05) is 24.5 Å². The van der Waals surface area contributed by atoms with E-state index in [1.807, 2.05) is 0 Å². The number of amides is 1. The Morgan fingerprint density at radius 1 is 1.22 bits per heavy atom. The molecule has 1 aromatic carbocycles. The number of anilines is 1. The van der Waals surface area contributed by atoms with E-state index >= 15 is 4.39 Å². The molecule has 3 fully saturated rings. The van der Waals surface area contributed by atoms with Crippen LogP contribution in [0.5, 0.6) is 0 Å². The van der Waals surface area contributed by atoms with Crippen LogP contribution in [0.25, 0.3) is 10.9 Å². The molecule has 36 heavy (non-hydrogen) atoms. The number of alkyl halides is 1. The summed E-state index contributed by atoms with van der Waals surface area (Å²) < 4.78 is 36.5. The zero-order valence-electron chi connectivity index (χ0n) is 20.3. The topological polar surface area (TPSA) is 92.1 Å². The van der Waals surface area contributed by atoms with E-state index < -0.39 is 46.7 Å². The van der Waals surface area contributed by atoms with E-state index in [0.29, 0.717) is 19.6 Å². The van der Waals surface area contributed by atoms with Gasteiger partial charge in [0.15, 0.2) is 0 Å². The van der Waals surface area contributed by atoms with Gasteiger partial charge in [-0.2, -0.15) is 0 Å². The molecule has 194 valence electrons. The molecule has 2 aliphatic heterocycles. The van der Waals surface area contributed by atoms with Crippen LogP contribution in [-0.4, -0.2) is 64.1 Å². The Bertz CT molecular complexity index is 1320. The van der Waals surface area contributed by atoms with Gasteiger partial charge in [0.1, 0.15) is 23.2 Å². The zero-order chi connectivity index (χ0) is 26.1. The molecule has 2 saturated heterocycles. The molecular weight excluding hydrogens is 496 g/mol. The van der Waals surface area contributed by atoms with Gasteiger partial charge in [0.25, 0.3) is 0 Å². The molecule has 0 radical (unpaired) electrons. The highest BCUT2D eigenvalue weighted by molar-refractivity contribution is 6.38. The summed E-state index contributed by atoms with van der Waals surface area (Å²) in [5, 5.41) is 9.19. The second-order valence-corrected chi connectivity index (χ2v) is 11.2. The Kier molecular flexibility index (Phi) is 5.93. The van der Waals surface area contributed by atoms with Gasteiger partial charge in [0, 0.05) is 32.3 Å². The number of halogens is 3. The molecule has 0 unspecified atom stereocenters. The number of nitrogens with zero attached hydrogens (tertiary/aromatic N) is 3. The standard InChI is InChI=1S/C25H28ClF2N3O5/c1-25(2,3)36-24(35)30-6-4-5-12-9-29(11-18(12)30)21-16(28)7-13-20(19(21)26)31(17-8-15(17)27)10-14(22(13)32)23(33)34/h7,10,12,15,17-18H,4-6,8-9,11H2,1-3H3,(H,33,34)/t12-,15-,17+,18+/m0/s1. The molecule has 1 aromatic heterocycles. The predicted molar refractivity (Wildman–Crippen MR) is 130 cm³/mol. The van der Waals surface area contributed by atoms with Gasteiger partial charge in [0.2, 0.25) is 5.43 Å². The normalized spacial score (nSPS) is 25.7. The van der Waals surface area contributed by atoms with Crippen LogP contribution in [0.4, 0.5) is 19.3 Å². The average molecular weight is 524 g/mol. The first-order chi connectivity index (χ1) is 16.9. The number of aromatic nitrogens is 1. The summed E-state index contributed by atoms with van der Waals surface area (Å²) in [6.45, 7) is 6.70. The van der Waals surface area contributed by atoms with Crippen LogP contribution in [0.1, 0.15) is 56.4 Å². The Labute approximate surface area is 211 Å². The number of carboxylic acids is 1. The summed E-state index contributed by atoms with van der Waals surface area (Å²) in [7, 11) is 0. The van der Waals surface area contributed by atoms with Crippen molar-refractivity contribution in [2.24, 2.45) is 5.92 Å². The monoisotopic (exact) mass is 523 g/mol. The largest absolute Gasteiger partial charge is 0.477 e. The lowest BCUT2D eigenvalue weighted by molar-refractivity contribution is 0.00668. The number of ether oxygens (including phenoxy) is 1. The third-order valence-corrected chi connectivity index (χ3v) is 7.54. The number of piperidine rings is 1. The fourth-order valence-corrected chi connectivity index (χ4v) is 5.89. The number of likely N-dealkylation sites (tertiary alicyclic amines) is 1. The van der Waals surface area contributed by atoms with Crippen molar-refractivity contribution >= 4 is 40.3 Å². The number of benzene rings is 1. The predicted octanol–water partition coefficient (Wildman–Crippen LogP) is 4.61. The Morgan fingerprint density at radius 3 is 2.53 bits per heavy atom. The molecule has 1 N–H and O–H groups in total. The number of carboxylic acid groups (broad SMARTS) is 1.